The van der Waals surface area contributed by atoms with Gasteiger partial charge in [-0.3, -0.25) is 4.79 Å². The molecule has 0 aliphatic rings. The largest absolute Gasteiger partial charge is 0.492 e. The summed E-state index contributed by atoms with van der Waals surface area (Å²) in [5.74, 6) is 0.838. The zero-order chi connectivity index (χ0) is 13.4. The molecule has 0 radical (unpaired) electrons. The van der Waals surface area contributed by atoms with Crippen molar-refractivity contribution >= 4 is 11.7 Å². The van der Waals surface area contributed by atoms with E-state index in [1.165, 1.54) is 6.92 Å². The lowest BCUT2D eigenvalue weighted by Crippen LogP contribution is -2.11. The molecule has 1 aromatic carbocycles. The van der Waals surface area contributed by atoms with Gasteiger partial charge in [0.15, 0.2) is 0 Å². The third-order valence-electron chi connectivity index (χ3n) is 2.01. The molecule has 1 aromatic rings. The molecule has 0 aliphatic carbocycles. The van der Waals surface area contributed by atoms with E-state index in [9.17, 15) is 4.79 Å². The van der Waals surface area contributed by atoms with Crippen LogP contribution in [-0.4, -0.2) is 32.3 Å². The summed E-state index contributed by atoms with van der Waals surface area (Å²) in [5, 5.41) is 0. The Kier molecular flexibility index (Phi) is 5.79. The average molecular weight is 254 g/mol. The summed E-state index contributed by atoms with van der Waals surface area (Å²) in [6.07, 6.45) is 0. The maximum Gasteiger partial charge on any atom is 0.302 e. The molecular formula is C12H18N2O4. The maximum atomic E-state index is 10.5. The zero-order valence-electron chi connectivity index (χ0n) is 10.3. The number of carbonyl (C=O) groups excluding carboxylic acids is 1. The molecule has 0 aromatic heterocycles. The highest BCUT2D eigenvalue weighted by Gasteiger charge is 2.03. The molecule has 6 heteroatoms. The molecule has 0 spiro atoms. The number of esters is 1. The normalized spacial score (nSPS) is 9.89. The monoisotopic (exact) mass is 254 g/mol. The van der Waals surface area contributed by atoms with Gasteiger partial charge in [0.05, 0.1) is 5.69 Å². The van der Waals surface area contributed by atoms with Gasteiger partial charge in [-0.2, -0.15) is 0 Å². The van der Waals surface area contributed by atoms with Crippen molar-refractivity contribution in [3.8, 4) is 11.5 Å². The van der Waals surface area contributed by atoms with Gasteiger partial charge >= 0.3 is 5.97 Å². The van der Waals surface area contributed by atoms with Gasteiger partial charge in [-0.05, 0) is 12.1 Å². The van der Waals surface area contributed by atoms with Crippen LogP contribution < -0.4 is 20.9 Å². The number of carbonyl (C=O) groups is 1. The number of ether oxygens (including phenoxy) is 3. The van der Waals surface area contributed by atoms with Crippen LogP contribution >= 0.6 is 0 Å². The Labute approximate surface area is 106 Å². The quantitative estimate of drug-likeness (QED) is 0.419. The number of hydrogen-bond donors (Lipinski definition) is 2. The highest BCUT2D eigenvalue weighted by atomic mass is 16.6. The van der Waals surface area contributed by atoms with Crippen LogP contribution in [0.3, 0.4) is 0 Å². The van der Waals surface area contributed by atoms with Crippen LogP contribution in [0.5, 0.6) is 11.5 Å². The van der Waals surface area contributed by atoms with Crippen LogP contribution in [0.2, 0.25) is 0 Å². The summed E-state index contributed by atoms with van der Waals surface area (Å²) in [6, 6.07) is 5.11. The summed E-state index contributed by atoms with van der Waals surface area (Å²) in [5.41, 5.74) is 11.6. The molecule has 100 valence electrons. The fraction of sp³-hybridized carbons (Fsp3) is 0.417. The molecule has 0 amide bonds. The summed E-state index contributed by atoms with van der Waals surface area (Å²) < 4.78 is 15.4. The first-order valence-corrected chi connectivity index (χ1v) is 5.62. The molecule has 4 N–H and O–H groups in total. The van der Waals surface area contributed by atoms with E-state index in [1.54, 1.807) is 18.2 Å². The summed E-state index contributed by atoms with van der Waals surface area (Å²) in [7, 11) is 0. The van der Waals surface area contributed by atoms with Crippen LogP contribution in [-0.2, 0) is 9.53 Å². The second-order valence-corrected chi connectivity index (χ2v) is 3.53. The van der Waals surface area contributed by atoms with E-state index >= 15 is 0 Å². The van der Waals surface area contributed by atoms with Crippen LogP contribution in [0.15, 0.2) is 18.2 Å². The fourth-order valence-corrected chi connectivity index (χ4v) is 1.26. The zero-order valence-corrected chi connectivity index (χ0v) is 10.3. The van der Waals surface area contributed by atoms with Crippen LogP contribution in [0.1, 0.15) is 6.92 Å². The third kappa shape index (κ3) is 4.92. The first kappa shape index (κ1) is 14.1. The Balaban J connectivity index is 2.44. The van der Waals surface area contributed by atoms with Crippen molar-refractivity contribution in [3.05, 3.63) is 18.2 Å². The number of anilines is 1. The first-order chi connectivity index (χ1) is 8.63. The summed E-state index contributed by atoms with van der Waals surface area (Å²) in [6.45, 7) is 2.68. The van der Waals surface area contributed by atoms with Gasteiger partial charge in [-0.15, -0.1) is 0 Å². The lowest BCUT2D eigenvalue weighted by molar-refractivity contribution is -0.141. The summed E-state index contributed by atoms with van der Waals surface area (Å²) in [4.78, 5) is 10.5. The molecule has 0 fully saturated rings. The van der Waals surface area contributed by atoms with E-state index in [0.29, 0.717) is 30.3 Å². The van der Waals surface area contributed by atoms with Crippen LogP contribution in [0, 0.1) is 0 Å². The molecule has 0 saturated heterocycles. The Morgan fingerprint density at radius 2 is 2.00 bits per heavy atom. The molecule has 0 saturated carbocycles. The minimum absolute atomic E-state index is 0.195. The topological polar surface area (TPSA) is 96.8 Å². The van der Waals surface area contributed by atoms with E-state index in [4.69, 9.17) is 25.7 Å². The standard InChI is InChI=1S/C12H18N2O4/c1-9(15)16-6-7-18-12-3-2-10(8-11(12)14)17-5-4-13/h2-3,8H,4-7,13-14H2,1H3. The average Bonchev–Trinajstić information content (AvgIpc) is 2.33. The van der Waals surface area contributed by atoms with Gasteiger partial charge in [0, 0.05) is 19.5 Å². The van der Waals surface area contributed by atoms with Crippen molar-refractivity contribution in [2.45, 2.75) is 6.92 Å². The van der Waals surface area contributed by atoms with Gasteiger partial charge in [0.1, 0.15) is 31.3 Å². The highest BCUT2D eigenvalue weighted by Crippen LogP contribution is 2.26. The Morgan fingerprint density at radius 1 is 1.22 bits per heavy atom. The predicted octanol–water partition coefficient (Wildman–Crippen LogP) is 0.548. The van der Waals surface area contributed by atoms with Gasteiger partial charge in [0.25, 0.3) is 0 Å². The Bertz CT molecular complexity index is 396. The molecule has 0 unspecified atom stereocenters. The van der Waals surface area contributed by atoms with E-state index in [2.05, 4.69) is 0 Å². The van der Waals surface area contributed by atoms with Crippen LogP contribution in [0.4, 0.5) is 5.69 Å². The minimum Gasteiger partial charge on any atom is -0.492 e. The van der Waals surface area contributed by atoms with Crippen molar-refractivity contribution in [1.29, 1.82) is 0 Å². The van der Waals surface area contributed by atoms with Gasteiger partial charge in [-0.1, -0.05) is 0 Å². The molecule has 0 heterocycles. The number of nitrogens with two attached hydrogens (primary N) is 2. The molecular weight excluding hydrogens is 236 g/mol. The second-order valence-electron chi connectivity index (χ2n) is 3.53. The maximum absolute atomic E-state index is 10.5. The lowest BCUT2D eigenvalue weighted by atomic mass is 10.3. The Morgan fingerprint density at radius 3 is 2.61 bits per heavy atom. The molecule has 0 atom stereocenters. The fourth-order valence-electron chi connectivity index (χ4n) is 1.26. The van der Waals surface area contributed by atoms with Crippen LogP contribution in [0.25, 0.3) is 0 Å². The van der Waals surface area contributed by atoms with Gasteiger partial charge < -0.3 is 25.7 Å². The van der Waals surface area contributed by atoms with Crippen molar-refractivity contribution in [2.75, 3.05) is 32.1 Å². The second kappa shape index (κ2) is 7.39. The van der Waals surface area contributed by atoms with Crippen molar-refractivity contribution in [1.82, 2.24) is 0 Å². The molecule has 1 rings (SSSR count). The molecule has 0 bridgehead atoms. The number of rotatable bonds is 7. The third-order valence-corrected chi connectivity index (χ3v) is 2.01. The predicted molar refractivity (Wildman–Crippen MR) is 67.5 cm³/mol. The van der Waals surface area contributed by atoms with Crippen molar-refractivity contribution < 1.29 is 19.0 Å². The van der Waals surface area contributed by atoms with E-state index in [-0.39, 0.29) is 19.2 Å². The number of hydrogen-bond acceptors (Lipinski definition) is 6. The van der Waals surface area contributed by atoms with E-state index in [1.807, 2.05) is 0 Å². The Hall–Kier alpha value is -1.95. The lowest BCUT2D eigenvalue weighted by Gasteiger charge is -2.11. The molecule has 0 aliphatic heterocycles. The highest BCUT2D eigenvalue weighted by molar-refractivity contribution is 5.65. The van der Waals surface area contributed by atoms with Gasteiger partial charge in [-0.25, -0.2) is 0 Å². The van der Waals surface area contributed by atoms with Crippen molar-refractivity contribution in [3.63, 3.8) is 0 Å². The summed E-state index contributed by atoms with van der Waals surface area (Å²) >= 11 is 0. The smallest absolute Gasteiger partial charge is 0.302 e. The molecule has 18 heavy (non-hydrogen) atoms. The van der Waals surface area contributed by atoms with Gasteiger partial charge in [0.2, 0.25) is 0 Å². The van der Waals surface area contributed by atoms with E-state index in [0.717, 1.165) is 0 Å². The molecule has 6 nitrogen and oxygen atoms in total. The number of benzene rings is 1. The minimum atomic E-state index is -0.336. The number of nitrogen functional groups attached to an aromatic ring is 1. The van der Waals surface area contributed by atoms with Crippen molar-refractivity contribution in [2.24, 2.45) is 5.73 Å². The SMILES string of the molecule is CC(=O)OCCOc1ccc(OCCN)cc1N. The first-order valence-electron chi connectivity index (χ1n) is 5.62. The van der Waals surface area contributed by atoms with E-state index < -0.39 is 0 Å².